The van der Waals surface area contributed by atoms with Gasteiger partial charge in [0.1, 0.15) is 11.9 Å². The Morgan fingerprint density at radius 2 is 2.17 bits per heavy atom. The maximum atomic E-state index is 12.1. The van der Waals surface area contributed by atoms with Gasteiger partial charge in [-0.15, -0.1) is 0 Å². The van der Waals surface area contributed by atoms with E-state index in [9.17, 15) is 4.79 Å². The molecule has 23 heavy (non-hydrogen) atoms. The quantitative estimate of drug-likeness (QED) is 0.816. The van der Waals surface area contributed by atoms with Gasteiger partial charge in [0.25, 0.3) is 0 Å². The summed E-state index contributed by atoms with van der Waals surface area (Å²) < 4.78 is 11.3. The minimum Gasteiger partial charge on any atom is -0.494 e. The molecule has 1 aromatic carbocycles. The Hall–Kier alpha value is -1.75. The predicted octanol–water partition coefficient (Wildman–Crippen LogP) is 3.51. The number of amides is 1. The average molecular weight is 318 g/mol. The van der Waals surface area contributed by atoms with E-state index in [4.69, 9.17) is 9.47 Å². The van der Waals surface area contributed by atoms with E-state index in [0.29, 0.717) is 18.2 Å². The molecular weight excluding hydrogens is 292 g/mol. The zero-order valence-corrected chi connectivity index (χ0v) is 13.8. The summed E-state index contributed by atoms with van der Waals surface area (Å²) in [6.45, 7) is 5.99. The highest BCUT2D eigenvalue weighted by molar-refractivity contribution is 5.85. The molecule has 2 bridgehead atoms. The van der Waals surface area contributed by atoms with Crippen molar-refractivity contribution < 1.29 is 14.3 Å². The van der Waals surface area contributed by atoms with Crippen molar-refractivity contribution in [2.75, 3.05) is 31.6 Å². The normalized spacial score (nSPS) is 25.9. The van der Waals surface area contributed by atoms with E-state index in [1.807, 2.05) is 24.3 Å². The van der Waals surface area contributed by atoms with Crippen LogP contribution < -0.4 is 10.1 Å². The van der Waals surface area contributed by atoms with Crippen LogP contribution in [-0.2, 0) is 4.74 Å². The van der Waals surface area contributed by atoms with E-state index in [1.54, 1.807) is 0 Å². The summed E-state index contributed by atoms with van der Waals surface area (Å²) in [6, 6.07) is 7.47. The molecule has 5 heteroatoms. The largest absolute Gasteiger partial charge is 0.494 e. The third-order valence-electron chi connectivity index (χ3n) is 4.70. The van der Waals surface area contributed by atoms with Crippen molar-refractivity contribution in [2.24, 2.45) is 5.92 Å². The number of ether oxygens (including phenoxy) is 2. The lowest BCUT2D eigenvalue weighted by Gasteiger charge is -2.43. The number of carbonyl (C=O) groups excluding carboxylic acids is 1. The minimum atomic E-state index is -0.366. The smallest absolute Gasteiger partial charge is 0.411 e. The van der Waals surface area contributed by atoms with E-state index in [1.165, 1.54) is 0 Å². The van der Waals surface area contributed by atoms with Crippen molar-refractivity contribution in [3.8, 4) is 5.75 Å². The summed E-state index contributed by atoms with van der Waals surface area (Å²) in [4.78, 5) is 14.5. The molecule has 1 amide bonds. The molecule has 3 aliphatic rings. The molecule has 1 N–H and O–H groups in total. The van der Waals surface area contributed by atoms with Crippen LogP contribution in [0.1, 0.15) is 32.6 Å². The number of unbranched alkanes of at least 4 members (excludes halogenated alkanes) is 1. The highest BCUT2D eigenvalue weighted by Crippen LogP contribution is 2.29. The number of nitrogens with zero attached hydrogens (tertiary/aromatic N) is 1. The minimum absolute atomic E-state index is 0.0292. The fourth-order valence-electron chi connectivity index (χ4n) is 3.33. The maximum Gasteiger partial charge on any atom is 0.411 e. The van der Waals surface area contributed by atoms with Gasteiger partial charge < -0.3 is 9.47 Å². The van der Waals surface area contributed by atoms with Gasteiger partial charge in [0, 0.05) is 18.3 Å². The molecule has 5 nitrogen and oxygen atoms in total. The first kappa shape index (κ1) is 16.1. The summed E-state index contributed by atoms with van der Waals surface area (Å²) in [5, 5.41) is 2.82. The van der Waals surface area contributed by atoms with Gasteiger partial charge >= 0.3 is 6.09 Å². The lowest BCUT2D eigenvalue weighted by molar-refractivity contribution is -0.0289. The standard InChI is InChI=1S/C18H26N2O3/c1-2-3-11-22-16-6-4-5-15(12-16)19-18(21)23-17-13-20-9-7-14(17)8-10-20/h4-6,12,14,17H,2-3,7-11,13H2,1H3,(H,19,21)/t17-/m1/s1. The summed E-state index contributed by atoms with van der Waals surface area (Å²) in [6.07, 6.45) is 4.07. The summed E-state index contributed by atoms with van der Waals surface area (Å²) in [7, 11) is 0. The Morgan fingerprint density at radius 3 is 2.87 bits per heavy atom. The SMILES string of the molecule is CCCCOc1cccc(NC(=O)O[C@@H]2CN3CCC2CC3)c1. The van der Waals surface area contributed by atoms with Gasteiger partial charge in [-0.1, -0.05) is 19.4 Å². The highest BCUT2D eigenvalue weighted by atomic mass is 16.6. The molecule has 0 aromatic heterocycles. The molecule has 0 radical (unpaired) electrons. The van der Waals surface area contributed by atoms with E-state index in [-0.39, 0.29) is 12.2 Å². The molecule has 3 heterocycles. The molecule has 0 saturated carbocycles. The lowest BCUT2D eigenvalue weighted by Crippen LogP contribution is -2.52. The van der Waals surface area contributed by atoms with Crippen LogP contribution in [0.2, 0.25) is 0 Å². The van der Waals surface area contributed by atoms with E-state index < -0.39 is 0 Å². The summed E-state index contributed by atoms with van der Waals surface area (Å²) in [5.41, 5.74) is 0.713. The van der Waals surface area contributed by atoms with Crippen molar-refractivity contribution >= 4 is 11.8 Å². The molecule has 1 atom stereocenters. The van der Waals surface area contributed by atoms with Crippen LogP contribution in [0.15, 0.2) is 24.3 Å². The molecule has 126 valence electrons. The first-order valence-corrected chi connectivity index (χ1v) is 8.67. The second-order valence-electron chi connectivity index (χ2n) is 6.44. The van der Waals surface area contributed by atoms with Gasteiger partial charge in [-0.3, -0.25) is 10.2 Å². The molecule has 0 aliphatic carbocycles. The van der Waals surface area contributed by atoms with Gasteiger partial charge in [-0.05, 0) is 50.4 Å². The molecule has 1 aromatic rings. The number of piperidine rings is 3. The number of carbonyl (C=O) groups is 1. The third-order valence-corrected chi connectivity index (χ3v) is 4.70. The van der Waals surface area contributed by atoms with Crippen molar-refractivity contribution in [3.05, 3.63) is 24.3 Å². The van der Waals surface area contributed by atoms with Crippen LogP contribution in [0, 0.1) is 5.92 Å². The topological polar surface area (TPSA) is 50.8 Å². The second-order valence-corrected chi connectivity index (χ2v) is 6.44. The summed E-state index contributed by atoms with van der Waals surface area (Å²) >= 11 is 0. The number of anilines is 1. The second kappa shape index (κ2) is 7.68. The van der Waals surface area contributed by atoms with Crippen LogP contribution in [0.3, 0.4) is 0 Å². The fourth-order valence-corrected chi connectivity index (χ4v) is 3.33. The Balaban J connectivity index is 1.50. The maximum absolute atomic E-state index is 12.1. The average Bonchev–Trinajstić information content (AvgIpc) is 2.56. The third kappa shape index (κ3) is 4.38. The van der Waals surface area contributed by atoms with E-state index in [2.05, 4.69) is 17.1 Å². The van der Waals surface area contributed by atoms with Crippen LogP contribution in [0.4, 0.5) is 10.5 Å². The van der Waals surface area contributed by atoms with Gasteiger partial charge in [0.15, 0.2) is 0 Å². The molecule has 3 aliphatic heterocycles. The first-order valence-electron chi connectivity index (χ1n) is 8.67. The van der Waals surface area contributed by atoms with E-state index >= 15 is 0 Å². The van der Waals surface area contributed by atoms with Crippen LogP contribution in [-0.4, -0.2) is 43.3 Å². The van der Waals surface area contributed by atoms with Gasteiger partial charge in [0.05, 0.1) is 6.61 Å². The zero-order chi connectivity index (χ0) is 16.1. The van der Waals surface area contributed by atoms with Gasteiger partial charge in [-0.25, -0.2) is 4.79 Å². The Labute approximate surface area is 137 Å². The zero-order valence-electron chi connectivity index (χ0n) is 13.8. The number of rotatable bonds is 6. The molecular formula is C18H26N2O3. The van der Waals surface area contributed by atoms with Crippen molar-refractivity contribution in [1.29, 1.82) is 0 Å². The van der Waals surface area contributed by atoms with Crippen molar-refractivity contribution in [3.63, 3.8) is 0 Å². The molecule has 3 saturated heterocycles. The van der Waals surface area contributed by atoms with Gasteiger partial charge in [0.2, 0.25) is 0 Å². The fraction of sp³-hybridized carbons (Fsp3) is 0.611. The van der Waals surface area contributed by atoms with E-state index in [0.717, 1.165) is 51.1 Å². The van der Waals surface area contributed by atoms with Crippen LogP contribution in [0.25, 0.3) is 0 Å². The number of nitrogens with one attached hydrogen (secondary N) is 1. The Kier molecular flexibility index (Phi) is 5.39. The predicted molar refractivity (Wildman–Crippen MR) is 89.9 cm³/mol. The number of fused-ring (bicyclic) bond motifs is 3. The number of benzene rings is 1. The number of hydrogen-bond acceptors (Lipinski definition) is 4. The van der Waals surface area contributed by atoms with Crippen LogP contribution >= 0.6 is 0 Å². The highest BCUT2D eigenvalue weighted by Gasteiger charge is 2.36. The summed E-state index contributed by atoms with van der Waals surface area (Å²) in [5.74, 6) is 1.30. The number of hydrogen-bond donors (Lipinski definition) is 1. The lowest BCUT2D eigenvalue weighted by atomic mass is 9.86. The monoisotopic (exact) mass is 318 g/mol. The molecule has 4 rings (SSSR count). The molecule has 0 spiro atoms. The van der Waals surface area contributed by atoms with Crippen molar-refractivity contribution in [2.45, 2.75) is 38.7 Å². The van der Waals surface area contributed by atoms with Gasteiger partial charge in [-0.2, -0.15) is 0 Å². The molecule has 3 fully saturated rings. The Bertz CT molecular complexity index is 527. The first-order chi connectivity index (χ1) is 11.2. The molecule has 0 unspecified atom stereocenters. The Morgan fingerprint density at radius 1 is 1.35 bits per heavy atom. The van der Waals surface area contributed by atoms with Crippen LogP contribution in [0.5, 0.6) is 5.75 Å². The van der Waals surface area contributed by atoms with Crippen molar-refractivity contribution in [1.82, 2.24) is 4.90 Å².